The Bertz CT molecular complexity index is 4330. The summed E-state index contributed by atoms with van der Waals surface area (Å²) >= 11 is 0. The molecule has 12 rings (SSSR count). The van der Waals surface area contributed by atoms with E-state index < -0.39 is 133 Å². The summed E-state index contributed by atoms with van der Waals surface area (Å²) in [5, 5.41) is 61.0. The van der Waals surface area contributed by atoms with Crippen molar-refractivity contribution in [3.63, 3.8) is 0 Å². The number of carbonyl (C=O) groups is 11. The summed E-state index contributed by atoms with van der Waals surface area (Å²) in [5.41, 5.74) is 4.26. The largest absolute Gasteiger partial charge is 0.446 e. The second-order valence-electron chi connectivity index (χ2n) is 37.2. The summed E-state index contributed by atoms with van der Waals surface area (Å²) in [7, 11) is 3.75. The molecule has 3 saturated carbocycles. The van der Waals surface area contributed by atoms with Gasteiger partial charge in [0.25, 0.3) is 5.91 Å². The predicted molar refractivity (Wildman–Crippen MR) is 481 cm³/mol. The van der Waals surface area contributed by atoms with Gasteiger partial charge in [-0.05, 0) is 192 Å². The van der Waals surface area contributed by atoms with Crippen LogP contribution in [-0.2, 0) is 65.5 Å². The normalized spacial score (nSPS) is 31.0. The number of aliphatic hydroxyl groups is 3. The van der Waals surface area contributed by atoms with Crippen molar-refractivity contribution in [1.29, 1.82) is 0 Å². The molecule has 5 aliphatic carbocycles. The highest BCUT2D eigenvalue weighted by Gasteiger charge is 2.60. The Kier molecular flexibility index (Phi) is 33.0. The van der Waals surface area contributed by atoms with Gasteiger partial charge in [-0.25, -0.2) is 4.79 Å². The Morgan fingerprint density at radius 2 is 1.38 bits per heavy atom. The third-order valence-corrected chi connectivity index (χ3v) is 30.6. The van der Waals surface area contributed by atoms with Gasteiger partial charge >= 0.3 is 6.09 Å². The minimum atomic E-state index is -1.79. The number of nitrogens with zero attached hydrogens (tertiary/aromatic N) is 3. The first-order valence-corrected chi connectivity index (χ1v) is 47.9. The first kappa shape index (κ1) is 94.2. The zero-order valence-corrected chi connectivity index (χ0v) is 74.9. The van der Waals surface area contributed by atoms with Crippen molar-refractivity contribution in [3.8, 4) is 0 Å². The number of alkyl carbamates (subject to hydrolysis) is 1. The predicted octanol–water partition coefficient (Wildman–Crippen LogP) is 8.00. The van der Waals surface area contributed by atoms with E-state index >= 15 is 24.0 Å². The first-order chi connectivity index (χ1) is 59.5. The molecule has 3 saturated heterocycles. The average Bonchev–Trinajstić information content (AvgIpc) is 1.46. The molecule has 0 bridgehead atoms. The quantitative estimate of drug-likeness (QED) is 0.0218. The summed E-state index contributed by atoms with van der Waals surface area (Å²) in [6, 6.07) is 3.62. The smallest absolute Gasteiger partial charge is 0.407 e. The minimum absolute atomic E-state index is 0. The number of unbranched alkanes of at least 4 members (excludes halogenated alkanes) is 1. The van der Waals surface area contributed by atoms with Crippen LogP contribution in [-0.4, -0.2) is 225 Å². The van der Waals surface area contributed by atoms with Crippen molar-refractivity contribution in [2.24, 2.45) is 52.3 Å². The van der Waals surface area contributed by atoms with E-state index in [9.17, 15) is 44.1 Å². The molecule has 28 nitrogen and oxygen atoms in total. The molecule has 13 N–H and O–H groups in total. The number of allylic oxidation sites excluding steroid dienone is 4. The van der Waals surface area contributed by atoms with E-state index in [1.165, 1.54) is 69.3 Å². The highest BCUT2D eigenvalue weighted by Crippen LogP contribution is 2.67. The summed E-state index contributed by atoms with van der Waals surface area (Å²) in [4.78, 5) is 169. The number of fused-ring (bicyclic) bond motifs is 6. The van der Waals surface area contributed by atoms with Gasteiger partial charge in [-0.3, -0.25) is 47.9 Å². The summed E-state index contributed by atoms with van der Waals surface area (Å²) < 4.78 is 6.19. The van der Waals surface area contributed by atoms with Crippen molar-refractivity contribution in [2.75, 3.05) is 44.8 Å². The van der Waals surface area contributed by atoms with E-state index in [4.69, 9.17) is 4.74 Å². The maximum Gasteiger partial charge on any atom is 0.407 e. The van der Waals surface area contributed by atoms with Crippen LogP contribution in [0.15, 0.2) is 132 Å². The fourth-order valence-electron chi connectivity index (χ4n) is 21.3. The molecule has 2 aromatic rings. The van der Waals surface area contributed by atoms with Crippen molar-refractivity contribution < 1.29 is 75.6 Å². The van der Waals surface area contributed by atoms with E-state index in [1.807, 2.05) is 43.6 Å². The van der Waals surface area contributed by atoms with Gasteiger partial charge in [0, 0.05) is 78.0 Å². The molecular weight excluding hydrogens is 1620 g/mol. The average molecular weight is 1760 g/mol. The van der Waals surface area contributed by atoms with Gasteiger partial charge in [0.2, 0.25) is 53.2 Å². The van der Waals surface area contributed by atoms with Crippen LogP contribution in [0.2, 0.25) is 0 Å². The molecular formula is C94H137N13O15S2. The SMILES string of the molecule is CC(C)CCCC(C)C1CCC2C3CC=C4C[C@@H](OC(=O)NCCCCC5NC(=O)C(CC6=CNC7C=CC=CC67)NC(=O)C(Cc6ccccc6)NC(=O)C(NC(=O)C(Cc6ccccc6)NC(=O)C6CCCN6C(=O)C6CCCN6C(=O)C6=CN(C)C=CC6)CSSCC(C(=O)NC(CO)C(C)O)NC(=O)C(C(C)O)NC5=O)CCC4(C)C3CCC12C.[2HH].[2HH]. The Morgan fingerprint density at radius 1 is 0.694 bits per heavy atom. The molecule has 11 amide bonds. The van der Waals surface area contributed by atoms with Gasteiger partial charge in [0.1, 0.15) is 60.5 Å². The lowest BCUT2D eigenvalue weighted by Crippen LogP contribution is -2.62. The molecule has 6 fully saturated rings. The Labute approximate surface area is 741 Å². The van der Waals surface area contributed by atoms with Gasteiger partial charge in [-0.2, -0.15) is 0 Å². The second-order valence-corrected chi connectivity index (χ2v) is 39.8. The van der Waals surface area contributed by atoms with Gasteiger partial charge in [-0.1, -0.05) is 178 Å². The maximum absolute atomic E-state index is 15.6. The molecule has 0 aromatic heterocycles. The number of aliphatic hydroxyl groups excluding tert-OH is 3. The van der Waals surface area contributed by atoms with Crippen molar-refractivity contribution >= 4 is 86.8 Å². The van der Waals surface area contributed by atoms with Crippen LogP contribution < -0.4 is 53.2 Å². The standard InChI is InChI=1S/C94H133N13O15S2.2H2/c1-56(2)23-19-24-57(3)68-37-38-69-67-36-35-64-50-65(39-41-93(64,6)70(67)40-42-94(68,69)7)122-92(121)95-43-18-17-32-72-82(111)104-81(59(5)110)89(118)103-78(87(116)101-76(53-108)58(4)109)55-124-123-54-77(86(115)98-73(47-60-25-11-9-12-26-60)83(112)99-75(85(114)97-72)49-63-51-96-71-31-16-15-30-66(63)71)102-84(113)74(48-61-27-13-10-14-28-61)100-88(117)79-33-21-45-106(79)91(120)80-34-22-46-107(80)90(119)62-29-20-44-105(8)52-62;;/h9-16,20,25-28,30-31,35,44,51-52,56-59,65-81,96,108-110H,17-19,21-24,29,32-34,36-43,45-50,53-55H2,1-8H3,(H,95,121)(H,97,114)(H,98,115)(H,99,112)(H,100,117)(H,101,116)(H,102,113)(H,103,118)(H,104,111);2*1H/t57?,58?,59?,65-,66?,67?,68?,69?,70?,71?,72?,73?,74?,75?,76?,77?,78?,79?,80?,81?,93?,94?;;/m0../s1/i;2*1+1. The third kappa shape index (κ3) is 23.4. The van der Waals surface area contributed by atoms with Crippen molar-refractivity contribution in [1.82, 2.24) is 67.9 Å². The number of rotatable bonds is 28. The third-order valence-electron chi connectivity index (χ3n) is 28.2. The highest BCUT2D eigenvalue weighted by atomic mass is 33.1. The summed E-state index contributed by atoms with van der Waals surface area (Å²) in [6.45, 7) is 14.8. The van der Waals surface area contributed by atoms with Crippen LogP contribution in [0.5, 0.6) is 0 Å². The lowest BCUT2D eigenvalue weighted by atomic mass is 9.47. The zero-order chi connectivity index (χ0) is 88.5. The number of benzene rings is 2. The molecule has 5 aliphatic heterocycles. The fraction of sp³-hybridized carbons (Fsp3) is 0.628. The molecule has 5 heterocycles. The number of carbonyl (C=O) groups excluding carboxylic acids is 11. The Balaban J connectivity index is 0.00000828. The number of nitrogens with one attached hydrogen (secondary N) is 10. The van der Waals surface area contributed by atoms with Crippen molar-refractivity contribution in [3.05, 3.63) is 144 Å². The van der Waals surface area contributed by atoms with E-state index in [-0.39, 0.29) is 108 Å². The van der Waals surface area contributed by atoms with Crippen LogP contribution in [0, 0.1) is 52.3 Å². The summed E-state index contributed by atoms with van der Waals surface area (Å²) in [6.07, 6.45) is 28.1. The van der Waals surface area contributed by atoms with E-state index in [0.29, 0.717) is 78.2 Å². The number of hydrogen-bond donors (Lipinski definition) is 13. The Morgan fingerprint density at radius 3 is 2.10 bits per heavy atom. The molecule has 680 valence electrons. The van der Waals surface area contributed by atoms with Gasteiger partial charge in [0.15, 0.2) is 0 Å². The van der Waals surface area contributed by atoms with Crippen LogP contribution >= 0.6 is 21.6 Å². The second kappa shape index (κ2) is 43.5. The molecule has 22 atom stereocenters. The van der Waals surface area contributed by atoms with Gasteiger partial charge in [-0.15, -0.1) is 0 Å². The van der Waals surface area contributed by atoms with Crippen molar-refractivity contribution in [2.45, 2.75) is 274 Å². The highest BCUT2D eigenvalue weighted by molar-refractivity contribution is 8.76. The number of ether oxygens (including phenoxy) is 1. The van der Waals surface area contributed by atoms with E-state index in [0.717, 1.165) is 64.5 Å². The molecule has 124 heavy (non-hydrogen) atoms. The van der Waals surface area contributed by atoms with Crippen LogP contribution in [0.25, 0.3) is 0 Å². The number of amides is 11. The van der Waals surface area contributed by atoms with E-state index in [2.05, 4.69) is 93.9 Å². The van der Waals surface area contributed by atoms with Crippen LogP contribution in [0.1, 0.15) is 191 Å². The molecule has 2 aromatic carbocycles. The van der Waals surface area contributed by atoms with Crippen LogP contribution in [0.4, 0.5) is 4.79 Å². The maximum atomic E-state index is 15.6. The molecule has 0 radical (unpaired) electrons. The molecule has 21 unspecified atom stereocenters. The molecule has 30 heteroatoms. The molecule has 0 spiro atoms. The topological polar surface area (TPSA) is 388 Å². The summed E-state index contributed by atoms with van der Waals surface area (Å²) in [5.74, 6) is -4.26. The molecule has 10 aliphatic rings. The lowest BCUT2D eigenvalue weighted by Gasteiger charge is -2.58. The fourth-order valence-corrected chi connectivity index (χ4v) is 23.6. The van der Waals surface area contributed by atoms with Crippen LogP contribution in [0.3, 0.4) is 0 Å². The Hall–Kier alpha value is -8.97. The number of likely N-dealkylation sites (tertiary alicyclic amines) is 2. The zero-order valence-electron chi connectivity index (χ0n) is 73.3. The van der Waals surface area contributed by atoms with E-state index in [1.54, 1.807) is 82.9 Å². The van der Waals surface area contributed by atoms with Gasteiger partial charge in [0.05, 0.1) is 30.9 Å². The number of hydrogen-bond acceptors (Lipinski definition) is 19. The lowest BCUT2D eigenvalue weighted by molar-refractivity contribution is -0.146. The minimum Gasteiger partial charge on any atom is -0.446 e. The monoisotopic (exact) mass is 1750 g/mol. The van der Waals surface area contributed by atoms with Gasteiger partial charge < -0.3 is 87.9 Å². The first-order valence-electron chi connectivity index (χ1n) is 45.4.